The van der Waals surface area contributed by atoms with Gasteiger partial charge in [-0.3, -0.25) is 0 Å². The Morgan fingerprint density at radius 3 is 2.84 bits per heavy atom. The highest BCUT2D eigenvalue weighted by molar-refractivity contribution is 7.11. The van der Waals surface area contributed by atoms with E-state index in [9.17, 15) is 0 Å². The summed E-state index contributed by atoms with van der Waals surface area (Å²) in [5.74, 6) is 0.601. The molecule has 3 nitrogen and oxygen atoms in total. The Labute approximate surface area is 119 Å². The molecule has 106 valence electrons. The van der Waals surface area contributed by atoms with E-state index in [1.165, 1.54) is 41.3 Å². The fraction of sp³-hybridized carbons (Fsp3) is 0.800. The maximum Gasteiger partial charge on any atom is 0.110 e. The molecule has 1 saturated heterocycles. The van der Waals surface area contributed by atoms with Gasteiger partial charge in [-0.2, -0.15) is 0 Å². The summed E-state index contributed by atoms with van der Waals surface area (Å²) in [7, 11) is 0. The first-order valence-corrected chi connectivity index (χ1v) is 8.39. The van der Waals surface area contributed by atoms with E-state index in [0.29, 0.717) is 12.0 Å². The second-order valence-electron chi connectivity index (χ2n) is 5.80. The van der Waals surface area contributed by atoms with Gasteiger partial charge in [-0.05, 0) is 39.0 Å². The number of nitrogens with zero attached hydrogens (tertiary/aromatic N) is 1. The molecule has 0 spiro atoms. The lowest BCUT2D eigenvalue weighted by Gasteiger charge is -2.29. The summed E-state index contributed by atoms with van der Waals surface area (Å²) in [5, 5.41) is 5.10. The quantitative estimate of drug-likeness (QED) is 0.899. The Bertz CT molecular complexity index is 422. The van der Waals surface area contributed by atoms with Crippen molar-refractivity contribution in [2.24, 2.45) is 5.92 Å². The van der Waals surface area contributed by atoms with Gasteiger partial charge in [0.15, 0.2) is 0 Å². The van der Waals surface area contributed by atoms with Crippen LogP contribution in [0.15, 0.2) is 0 Å². The van der Waals surface area contributed by atoms with Crippen LogP contribution in [-0.4, -0.2) is 24.2 Å². The average Bonchev–Trinajstić information content (AvgIpc) is 3.19. The zero-order valence-corrected chi connectivity index (χ0v) is 12.8. The second-order valence-corrected chi connectivity index (χ2v) is 7.04. The fourth-order valence-electron chi connectivity index (χ4n) is 2.85. The largest absolute Gasteiger partial charge is 0.381 e. The zero-order chi connectivity index (χ0) is 13.2. The molecule has 0 aromatic carbocycles. The third-order valence-electron chi connectivity index (χ3n) is 4.17. The minimum absolute atomic E-state index is 0.414. The van der Waals surface area contributed by atoms with E-state index in [1.54, 1.807) is 0 Å². The third kappa shape index (κ3) is 3.18. The Hall–Kier alpha value is -0.450. The van der Waals surface area contributed by atoms with E-state index < -0.39 is 0 Å². The summed E-state index contributed by atoms with van der Waals surface area (Å²) in [6.07, 6.45) is 6.16. The first-order chi connectivity index (χ1) is 9.28. The molecular formula is C15H24N2OS. The Balaban J connectivity index is 1.79. The van der Waals surface area contributed by atoms with Crippen molar-refractivity contribution in [2.45, 2.75) is 58.0 Å². The molecule has 19 heavy (non-hydrogen) atoms. The van der Waals surface area contributed by atoms with Crippen LogP contribution in [0.5, 0.6) is 0 Å². The molecule has 2 aliphatic rings. The van der Waals surface area contributed by atoms with Gasteiger partial charge < -0.3 is 10.1 Å². The molecule has 3 rings (SSSR count). The smallest absolute Gasteiger partial charge is 0.110 e. The van der Waals surface area contributed by atoms with Crippen molar-refractivity contribution in [2.75, 3.05) is 13.2 Å². The molecular weight excluding hydrogens is 256 g/mol. The molecule has 0 amide bonds. The third-order valence-corrected chi connectivity index (χ3v) is 5.27. The molecule has 0 radical (unpaired) electrons. The normalized spacial score (nSPS) is 25.5. The summed E-state index contributed by atoms with van der Waals surface area (Å²) in [6, 6.07) is 1.14. The van der Waals surface area contributed by atoms with Crippen molar-refractivity contribution >= 4 is 11.3 Å². The van der Waals surface area contributed by atoms with Crippen molar-refractivity contribution < 1.29 is 4.74 Å². The molecule has 1 aliphatic heterocycles. The first-order valence-electron chi connectivity index (χ1n) is 7.58. The number of ether oxygens (including phenoxy) is 1. The lowest BCUT2D eigenvalue weighted by atomic mass is 9.94. The lowest BCUT2D eigenvalue weighted by molar-refractivity contribution is 0.0386. The fourth-order valence-corrected chi connectivity index (χ4v) is 4.02. The van der Waals surface area contributed by atoms with Gasteiger partial charge in [-0.25, -0.2) is 4.98 Å². The zero-order valence-electron chi connectivity index (χ0n) is 11.9. The average molecular weight is 280 g/mol. The highest BCUT2D eigenvalue weighted by Gasteiger charge is 2.33. The van der Waals surface area contributed by atoms with Crippen molar-refractivity contribution in [3.05, 3.63) is 15.6 Å². The predicted molar refractivity (Wildman–Crippen MR) is 78.7 cm³/mol. The first kappa shape index (κ1) is 13.5. The Morgan fingerprint density at radius 2 is 2.26 bits per heavy atom. The van der Waals surface area contributed by atoms with Crippen molar-refractivity contribution in [3.8, 4) is 0 Å². The van der Waals surface area contributed by atoms with Crippen molar-refractivity contribution in [3.63, 3.8) is 0 Å². The maximum absolute atomic E-state index is 5.69. The molecule has 4 heteroatoms. The van der Waals surface area contributed by atoms with Crippen LogP contribution in [0.4, 0.5) is 0 Å². The van der Waals surface area contributed by atoms with Gasteiger partial charge in [0.05, 0.1) is 18.3 Å². The minimum Gasteiger partial charge on any atom is -0.381 e. The second kappa shape index (κ2) is 5.90. The number of thiazole rings is 1. The molecule has 1 aromatic heterocycles. The molecule has 2 unspecified atom stereocenters. The van der Waals surface area contributed by atoms with Gasteiger partial charge in [-0.15, -0.1) is 11.3 Å². The number of rotatable bonds is 5. The molecule has 1 aliphatic carbocycles. The summed E-state index contributed by atoms with van der Waals surface area (Å²) in [4.78, 5) is 6.27. The maximum atomic E-state index is 5.69. The number of aromatic nitrogens is 1. The van der Waals surface area contributed by atoms with Gasteiger partial charge >= 0.3 is 0 Å². The topological polar surface area (TPSA) is 34.2 Å². The van der Waals surface area contributed by atoms with E-state index >= 15 is 0 Å². The monoisotopic (exact) mass is 280 g/mol. The van der Waals surface area contributed by atoms with Crippen LogP contribution in [-0.2, 0) is 11.2 Å². The molecule has 2 fully saturated rings. The van der Waals surface area contributed by atoms with E-state index in [4.69, 9.17) is 9.72 Å². The van der Waals surface area contributed by atoms with Crippen LogP contribution in [0.1, 0.15) is 54.2 Å². The summed E-state index contributed by atoms with van der Waals surface area (Å²) in [6.45, 7) is 6.22. The van der Waals surface area contributed by atoms with Crippen LogP contribution in [0, 0.1) is 12.8 Å². The van der Waals surface area contributed by atoms with Gasteiger partial charge in [0.25, 0.3) is 0 Å². The van der Waals surface area contributed by atoms with Crippen LogP contribution < -0.4 is 5.32 Å². The number of hydrogen-bond acceptors (Lipinski definition) is 4. The molecule has 2 atom stereocenters. The van der Waals surface area contributed by atoms with Crippen LogP contribution >= 0.6 is 11.3 Å². The standard InChI is InChI=1S/C15H24N2OS/c1-3-13-10(2)19-15(17-13)14(16-12-6-7-12)11-5-4-8-18-9-11/h11-12,14,16H,3-9H2,1-2H3. The van der Waals surface area contributed by atoms with E-state index in [1.807, 2.05) is 11.3 Å². The van der Waals surface area contributed by atoms with Gasteiger partial charge in [-0.1, -0.05) is 6.92 Å². The van der Waals surface area contributed by atoms with Crippen molar-refractivity contribution in [1.29, 1.82) is 0 Å². The summed E-state index contributed by atoms with van der Waals surface area (Å²) < 4.78 is 5.69. The highest BCUT2D eigenvalue weighted by Crippen LogP contribution is 2.35. The van der Waals surface area contributed by atoms with E-state index in [0.717, 1.165) is 25.7 Å². The Kier molecular flexibility index (Phi) is 4.20. The van der Waals surface area contributed by atoms with Crippen LogP contribution in [0.2, 0.25) is 0 Å². The number of nitrogens with one attached hydrogen (secondary N) is 1. The van der Waals surface area contributed by atoms with Crippen molar-refractivity contribution in [1.82, 2.24) is 10.3 Å². The molecule has 1 saturated carbocycles. The lowest BCUT2D eigenvalue weighted by Crippen LogP contribution is -2.34. The van der Waals surface area contributed by atoms with Crippen LogP contribution in [0.3, 0.4) is 0 Å². The van der Waals surface area contributed by atoms with Gasteiger partial charge in [0.2, 0.25) is 0 Å². The van der Waals surface area contributed by atoms with Gasteiger partial charge in [0.1, 0.15) is 5.01 Å². The number of hydrogen-bond donors (Lipinski definition) is 1. The Morgan fingerprint density at radius 1 is 1.42 bits per heavy atom. The molecule has 0 bridgehead atoms. The highest BCUT2D eigenvalue weighted by atomic mass is 32.1. The van der Waals surface area contributed by atoms with E-state index in [2.05, 4.69) is 19.2 Å². The molecule has 1 N–H and O–H groups in total. The summed E-state index contributed by atoms with van der Waals surface area (Å²) >= 11 is 1.88. The molecule has 1 aromatic rings. The van der Waals surface area contributed by atoms with Gasteiger partial charge in [0, 0.05) is 23.4 Å². The molecule has 2 heterocycles. The minimum atomic E-state index is 0.414. The number of aryl methyl sites for hydroxylation is 2. The van der Waals surface area contributed by atoms with E-state index in [-0.39, 0.29) is 0 Å². The summed E-state index contributed by atoms with van der Waals surface area (Å²) in [5.41, 5.74) is 1.28. The van der Waals surface area contributed by atoms with Crippen LogP contribution in [0.25, 0.3) is 0 Å². The SMILES string of the molecule is CCc1nc(C(NC2CC2)C2CCCOC2)sc1C. The predicted octanol–water partition coefficient (Wildman–Crippen LogP) is 3.23.